The first-order chi connectivity index (χ1) is 14.0. The van der Waals surface area contributed by atoms with E-state index in [1.165, 1.54) is 0 Å². The number of ether oxygens (including phenoxy) is 1. The van der Waals surface area contributed by atoms with Crippen LogP contribution in [0.4, 0.5) is 8.78 Å². The number of carbonyl (C=O) groups excluding carboxylic acids is 2. The van der Waals surface area contributed by atoms with E-state index in [-0.39, 0.29) is 30.5 Å². The summed E-state index contributed by atoms with van der Waals surface area (Å²) in [6, 6.07) is 9.80. The van der Waals surface area contributed by atoms with Crippen molar-refractivity contribution in [1.29, 1.82) is 0 Å². The van der Waals surface area contributed by atoms with Crippen LogP contribution in [0.25, 0.3) is 0 Å². The third-order valence-electron chi connectivity index (χ3n) is 5.07. The zero-order chi connectivity index (χ0) is 20.8. The second-order valence-electron chi connectivity index (χ2n) is 7.09. The highest BCUT2D eigenvalue weighted by atomic mass is 19.1. The molecule has 29 heavy (non-hydrogen) atoms. The van der Waals surface area contributed by atoms with Crippen molar-refractivity contribution in [2.75, 3.05) is 7.11 Å². The number of carbonyl (C=O) groups is 2. The van der Waals surface area contributed by atoms with E-state index in [0.29, 0.717) is 18.6 Å². The SMILES string of the molecule is COc1cccc(CN2C(=O)CCCCC2C(=O)NCc2cc(F)ccc2F)c1. The van der Waals surface area contributed by atoms with Crippen LogP contribution in [0.15, 0.2) is 42.5 Å². The number of benzene rings is 2. The number of hydrogen-bond acceptors (Lipinski definition) is 3. The van der Waals surface area contributed by atoms with E-state index in [1.54, 1.807) is 12.0 Å². The fourth-order valence-electron chi connectivity index (χ4n) is 3.50. The molecule has 1 atom stereocenters. The molecule has 0 aromatic heterocycles. The number of methoxy groups -OCH3 is 1. The predicted octanol–water partition coefficient (Wildman–Crippen LogP) is 3.56. The Bertz CT molecular complexity index is 888. The van der Waals surface area contributed by atoms with E-state index < -0.39 is 17.7 Å². The number of amides is 2. The zero-order valence-corrected chi connectivity index (χ0v) is 16.3. The van der Waals surface area contributed by atoms with Gasteiger partial charge in [0, 0.05) is 25.1 Å². The van der Waals surface area contributed by atoms with Crippen LogP contribution in [-0.2, 0) is 22.7 Å². The maximum absolute atomic E-state index is 13.8. The molecule has 2 amide bonds. The minimum atomic E-state index is -0.659. The highest BCUT2D eigenvalue weighted by Crippen LogP contribution is 2.22. The Morgan fingerprint density at radius 2 is 2.03 bits per heavy atom. The summed E-state index contributed by atoms with van der Waals surface area (Å²) in [5.41, 5.74) is 0.922. The van der Waals surface area contributed by atoms with Crippen LogP contribution in [0.3, 0.4) is 0 Å². The fraction of sp³-hybridized carbons (Fsp3) is 0.364. The van der Waals surface area contributed by atoms with Crippen molar-refractivity contribution in [1.82, 2.24) is 10.2 Å². The van der Waals surface area contributed by atoms with Gasteiger partial charge in [-0.05, 0) is 48.7 Å². The van der Waals surface area contributed by atoms with Crippen molar-refractivity contribution < 1.29 is 23.1 Å². The Morgan fingerprint density at radius 1 is 1.21 bits per heavy atom. The molecule has 7 heteroatoms. The normalized spacial score (nSPS) is 17.0. The Balaban J connectivity index is 1.75. The molecule has 1 aliphatic rings. The monoisotopic (exact) mass is 402 g/mol. The molecule has 0 bridgehead atoms. The van der Waals surface area contributed by atoms with E-state index in [9.17, 15) is 18.4 Å². The molecule has 1 saturated heterocycles. The number of halogens is 2. The van der Waals surface area contributed by atoms with Gasteiger partial charge in [-0.25, -0.2) is 8.78 Å². The summed E-state index contributed by atoms with van der Waals surface area (Å²) in [7, 11) is 1.57. The fourth-order valence-corrected chi connectivity index (χ4v) is 3.50. The van der Waals surface area contributed by atoms with Gasteiger partial charge in [0.15, 0.2) is 0 Å². The molecule has 0 aliphatic carbocycles. The zero-order valence-electron chi connectivity index (χ0n) is 16.3. The van der Waals surface area contributed by atoms with Gasteiger partial charge < -0.3 is 15.0 Å². The molecule has 154 valence electrons. The molecule has 0 spiro atoms. The van der Waals surface area contributed by atoms with Crippen molar-refractivity contribution in [3.63, 3.8) is 0 Å². The molecule has 0 saturated carbocycles. The van der Waals surface area contributed by atoms with Gasteiger partial charge in [0.1, 0.15) is 23.4 Å². The first kappa shape index (κ1) is 20.8. The molecule has 5 nitrogen and oxygen atoms in total. The number of nitrogens with zero attached hydrogens (tertiary/aromatic N) is 1. The highest BCUT2D eigenvalue weighted by Gasteiger charge is 2.31. The van der Waals surface area contributed by atoms with Crippen LogP contribution >= 0.6 is 0 Å². The average molecular weight is 402 g/mol. The molecule has 1 aliphatic heterocycles. The van der Waals surface area contributed by atoms with Crippen molar-refractivity contribution in [3.05, 3.63) is 65.2 Å². The molecule has 0 radical (unpaired) electrons. The minimum Gasteiger partial charge on any atom is -0.497 e. The van der Waals surface area contributed by atoms with Crippen molar-refractivity contribution in [2.45, 2.75) is 44.8 Å². The number of hydrogen-bond donors (Lipinski definition) is 1. The summed E-state index contributed by atoms with van der Waals surface area (Å²) in [5, 5.41) is 2.66. The van der Waals surface area contributed by atoms with E-state index >= 15 is 0 Å². The van der Waals surface area contributed by atoms with Gasteiger partial charge >= 0.3 is 0 Å². The lowest BCUT2D eigenvalue weighted by atomic mass is 10.1. The lowest BCUT2D eigenvalue weighted by molar-refractivity contribution is -0.140. The average Bonchev–Trinajstić information content (AvgIpc) is 2.90. The van der Waals surface area contributed by atoms with E-state index in [0.717, 1.165) is 36.6 Å². The molecule has 3 rings (SSSR count). The van der Waals surface area contributed by atoms with Gasteiger partial charge in [0.25, 0.3) is 0 Å². The summed E-state index contributed by atoms with van der Waals surface area (Å²) >= 11 is 0. The second-order valence-corrected chi connectivity index (χ2v) is 7.09. The molecule has 2 aromatic carbocycles. The van der Waals surface area contributed by atoms with Crippen LogP contribution in [0.5, 0.6) is 5.75 Å². The quantitative estimate of drug-likeness (QED) is 0.804. The summed E-state index contributed by atoms with van der Waals surface area (Å²) in [5.74, 6) is -0.946. The third-order valence-corrected chi connectivity index (χ3v) is 5.07. The molecule has 1 fully saturated rings. The maximum atomic E-state index is 13.8. The largest absolute Gasteiger partial charge is 0.497 e. The van der Waals surface area contributed by atoms with Crippen LogP contribution in [0, 0.1) is 11.6 Å². The Kier molecular flexibility index (Phi) is 6.80. The Hall–Kier alpha value is -2.96. The van der Waals surface area contributed by atoms with Crippen LogP contribution in [0.2, 0.25) is 0 Å². The molecule has 2 aromatic rings. The molecule has 1 N–H and O–H groups in total. The standard InChI is InChI=1S/C22H24F2N2O3/c1-29-18-6-4-5-15(11-18)14-26-20(7-2-3-8-21(26)27)22(28)25-13-16-12-17(23)9-10-19(16)24/h4-6,9-12,20H,2-3,7-8,13-14H2,1H3,(H,25,28). The molecular formula is C22H24F2N2O3. The first-order valence-electron chi connectivity index (χ1n) is 9.62. The van der Waals surface area contributed by atoms with Crippen LogP contribution < -0.4 is 10.1 Å². The first-order valence-corrected chi connectivity index (χ1v) is 9.62. The molecule has 1 unspecified atom stereocenters. The van der Waals surface area contributed by atoms with E-state index in [2.05, 4.69) is 5.32 Å². The van der Waals surface area contributed by atoms with Crippen molar-refractivity contribution in [2.24, 2.45) is 0 Å². The summed E-state index contributed by atoms with van der Waals surface area (Å²) in [6.45, 7) is 0.141. The number of nitrogens with one attached hydrogen (secondary N) is 1. The second kappa shape index (κ2) is 9.49. The van der Waals surface area contributed by atoms with Crippen LogP contribution in [-0.4, -0.2) is 29.9 Å². The lowest BCUT2D eigenvalue weighted by Gasteiger charge is -2.29. The van der Waals surface area contributed by atoms with Crippen molar-refractivity contribution >= 4 is 11.8 Å². The molecular weight excluding hydrogens is 378 g/mol. The predicted molar refractivity (Wildman–Crippen MR) is 104 cm³/mol. The Labute approximate surface area is 168 Å². The maximum Gasteiger partial charge on any atom is 0.243 e. The smallest absolute Gasteiger partial charge is 0.243 e. The lowest BCUT2D eigenvalue weighted by Crippen LogP contribution is -2.48. The minimum absolute atomic E-state index is 0.0673. The summed E-state index contributed by atoms with van der Waals surface area (Å²) in [4.78, 5) is 27.1. The summed E-state index contributed by atoms with van der Waals surface area (Å²) in [6.07, 6.45) is 2.36. The topological polar surface area (TPSA) is 58.6 Å². The van der Waals surface area contributed by atoms with Crippen LogP contribution in [0.1, 0.15) is 36.8 Å². The molecule has 1 heterocycles. The van der Waals surface area contributed by atoms with Gasteiger partial charge in [-0.1, -0.05) is 18.6 Å². The number of likely N-dealkylation sites (tertiary alicyclic amines) is 1. The van der Waals surface area contributed by atoms with E-state index in [1.807, 2.05) is 24.3 Å². The Morgan fingerprint density at radius 3 is 2.83 bits per heavy atom. The van der Waals surface area contributed by atoms with Gasteiger partial charge in [-0.3, -0.25) is 9.59 Å². The highest BCUT2D eigenvalue weighted by molar-refractivity contribution is 5.88. The van der Waals surface area contributed by atoms with Gasteiger partial charge in [-0.15, -0.1) is 0 Å². The van der Waals surface area contributed by atoms with Gasteiger partial charge in [-0.2, -0.15) is 0 Å². The summed E-state index contributed by atoms with van der Waals surface area (Å²) < 4.78 is 32.4. The van der Waals surface area contributed by atoms with Gasteiger partial charge in [0.2, 0.25) is 11.8 Å². The van der Waals surface area contributed by atoms with Crippen molar-refractivity contribution in [3.8, 4) is 5.75 Å². The van der Waals surface area contributed by atoms with E-state index in [4.69, 9.17) is 4.74 Å². The van der Waals surface area contributed by atoms with Gasteiger partial charge in [0.05, 0.1) is 7.11 Å². The number of rotatable bonds is 6. The third kappa shape index (κ3) is 5.31.